The van der Waals surface area contributed by atoms with E-state index in [1.54, 1.807) is 31.2 Å². The highest BCUT2D eigenvalue weighted by atomic mass is 16.7. The Morgan fingerprint density at radius 1 is 0.889 bits per heavy atom. The third-order valence-electron chi connectivity index (χ3n) is 4.08. The molecule has 0 fully saturated rings. The molecule has 2 aromatic carbocycles. The van der Waals surface area contributed by atoms with E-state index in [1.807, 2.05) is 30.3 Å². The van der Waals surface area contributed by atoms with E-state index in [-0.39, 0.29) is 5.91 Å². The lowest BCUT2D eigenvalue weighted by atomic mass is 10.0. The summed E-state index contributed by atoms with van der Waals surface area (Å²) in [4.78, 5) is 23.7. The van der Waals surface area contributed by atoms with Crippen molar-refractivity contribution < 1.29 is 23.8 Å². The molecule has 1 unspecified atom stereocenters. The number of amides is 2. The highest BCUT2D eigenvalue weighted by Crippen LogP contribution is 2.32. The molecule has 144 valence electrons. The first kappa shape index (κ1) is 20.4. The zero-order chi connectivity index (χ0) is 19.9. The van der Waals surface area contributed by atoms with Crippen LogP contribution in [0.1, 0.15) is 19.4 Å². The average molecular weight is 372 g/mol. The highest BCUT2D eigenvalue weighted by molar-refractivity contribution is 5.96. The molecule has 0 radical (unpaired) electrons. The first-order valence-electron chi connectivity index (χ1n) is 8.43. The van der Waals surface area contributed by atoms with Crippen molar-refractivity contribution in [3.63, 3.8) is 0 Å². The topological polar surface area (TPSA) is 85.9 Å². The summed E-state index contributed by atoms with van der Waals surface area (Å²) in [5.74, 6) is -1.50. The Balaban J connectivity index is 2.16. The Kier molecular flexibility index (Phi) is 6.92. The molecule has 0 aromatic heterocycles. The molecule has 0 bridgehead atoms. The van der Waals surface area contributed by atoms with Gasteiger partial charge in [0.1, 0.15) is 0 Å². The van der Waals surface area contributed by atoms with Gasteiger partial charge in [-0.25, -0.2) is 4.79 Å². The van der Waals surface area contributed by atoms with Crippen LogP contribution in [-0.2, 0) is 24.8 Å². The third kappa shape index (κ3) is 4.84. The summed E-state index contributed by atoms with van der Waals surface area (Å²) in [6, 6.07) is 16.1. The molecule has 2 rings (SSSR count). The van der Waals surface area contributed by atoms with Crippen molar-refractivity contribution in [2.75, 3.05) is 24.9 Å². The number of benzene rings is 2. The molecule has 0 saturated carbocycles. The summed E-state index contributed by atoms with van der Waals surface area (Å²) in [6.45, 7) is 3.07. The van der Waals surface area contributed by atoms with Crippen molar-refractivity contribution in [2.24, 2.45) is 0 Å². The van der Waals surface area contributed by atoms with E-state index in [1.165, 1.54) is 21.1 Å². The predicted octanol–water partition coefficient (Wildman–Crippen LogP) is 3.73. The Hall–Kier alpha value is -2.90. The fourth-order valence-electron chi connectivity index (χ4n) is 2.82. The van der Waals surface area contributed by atoms with E-state index in [0.29, 0.717) is 16.9 Å². The van der Waals surface area contributed by atoms with Gasteiger partial charge >= 0.3 is 6.09 Å². The zero-order valence-corrected chi connectivity index (χ0v) is 15.8. The molecule has 7 nitrogen and oxygen atoms in total. The van der Waals surface area contributed by atoms with Crippen LogP contribution in [-0.4, -0.2) is 32.3 Å². The molecule has 2 aromatic rings. The molecular weight excluding hydrogens is 348 g/mol. The Morgan fingerprint density at radius 2 is 1.41 bits per heavy atom. The number of nitrogens with one attached hydrogen (secondary N) is 2. The van der Waals surface area contributed by atoms with E-state index in [2.05, 4.69) is 10.6 Å². The molecule has 1 atom stereocenters. The molecule has 0 spiro atoms. The normalized spacial score (nSPS) is 12.1. The van der Waals surface area contributed by atoms with Crippen molar-refractivity contribution in [1.82, 2.24) is 0 Å². The molecule has 0 heterocycles. The smallest absolute Gasteiger partial charge is 0.412 e. The van der Waals surface area contributed by atoms with E-state index in [0.717, 1.165) is 0 Å². The second kappa shape index (κ2) is 9.16. The lowest BCUT2D eigenvalue weighted by Gasteiger charge is -2.36. The van der Waals surface area contributed by atoms with E-state index in [9.17, 15) is 9.59 Å². The van der Waals surface area contributed by atoms with E-state index < -0.39 is 18.0 Å². The van der Waals surface area contributed by atoms with Gasteiger partial charge in [-0.1, -0.05) is 42.5 Å². The van der Waals surface area contributed by atoms with Crippen LogP contribution >= 0.6 is 0 Å². The van der Waals surface area contributed by atoms with Gasteiger partial charge < -0.3 is 19.5 Å². The van der Waals surface area contributed by atoms with Crippen LogP contribution in [0.2, 0.25) is 0 Å². The van der Waals surface area contributed by atoms with Crippen LogP contribution in [0.3, 0.4) is 0 Å². The Morgan fingerprint density at radius 3 is 1.93 bits per heavy atom. The largest absolute Gasteiger partial charge is 0.440 e. The maximum atomic E-state index is 12.4. The molecule has 0 aliphatic heterocycles. The second-order valence-corrected chi connectivity index (χ2v) is 5.84. The number of carbonyl (C=O) groups is 2. The quantitative estimate of drug-likeness (QED) is 0.724. The number of rotatable bonds is 7. The van der Waals surface area contributed by atoms with Gasteiger partial charge in [-0.05, 0) is 19.1 Å². The number of hydrogen-bond acceptors (Lipinski definition) is 5. The third-order valence-corrected chi connectivity index (χ3v) is 4.08. The first-order valence-corrected chi connectivity index (χ1v) is 8.43. The molecule has 2 amide bonds. The minimum absolute atomic E-state index is 0.243. The van der Waals surface area contributed by atoms with Crippen LogP contribution < -0.4 is 10.6 Å². The highest BCUT2D eigenvalue weighted by Gasteiger charge is 2.41. The summed E-state index contributed by atoms with van der Waals surface area (Å²) in [5.41, 5.74) is 1.61. The van der Waals surface area contributed by atoms with Gasteiger partial charge in [-0.2, -0.15) is 0 Å². The number of methoxy groups -OCH3 is 2. The van der Waals surface area contributed by atoms with Gasteiger partial charge in [0.15, 0.2) is 6.10 Å². The summed E-state index contributed by atoms with van der Waals surface area (Å²) < 4.78 is 16.7. The lowest BCUT2D eigenvalue weighted by Crippen LogP contribution is -2.44. The molecular formula is C20H24N2O5. The summed E-state index contributed by atoms with van der Waals surface area (Å²) >= 11 is 0. The number of para-hydroxylation sites is 2. The maximum Gasteiger partial charge on any atom is 0.412 e. The van der Waals surface area contributed by atoms with Crippen molar-refractivity contribution >= 4 is 23.4 Å². The molecule has 0 aliphatic carbocycles. The summed E-state index contributed by atoms with van der Waals surface area (Å²) in [6.07, 6.45) is -1.46. The minimum Gasteiger partial charge on any atom is -0.440 e. The SMILES string of the molecule is COC(OC)(c1ccccc1)C(C)OC(=O)Nc1ccccc1NC(C)=O. The second-order valence-electron chi connectivity index (χ2n) is 5.84. The van der Waals surface area contributed by atoms with Crippen molar-refractivity contribution in [2.45, 2.75) is 25.7 Å². The maximum absolute atomic E-state index is 12.4. The van der Waals surface area contributed by atoms with E-state index >= 15 is 0 Å². The van der Waals surface area contributed by atoms with Gasteiger partial charge in [0.25, 0.3) is 0 Å². The monoisotopic (exact) mass is 372 g/mol. The van der Waals surface area contributed by atoms with Crippen molar-refractivity contribution in [3.05, 3.63) is 60.2 Å². The van der Waals surface area contributed by atoms with Crippen LogP contribution in [0.15, 0.2) is 54.6 Å². The Bertz CT molecular complexity index is 775. The van der Waals surface area contributed by atoms with Crippen molar-refractivity contribution in [3.8, 4) is 0 Å². The molecule has 2 N–H and O–H groups in total. The molecule has 0 saturated heterocycles. The number of hydrogen-bond donors (Lipinski definition) is 2. The van der Waals surface area contributed by atoms with Crippen molar-refractivity contribution in [1.29, 1.82) is 0 Å². The van der Waals surface area contributed by atoms with Gasteiger partial charge in [0.2, 0.25) is 11.7 Å². The standard InChI is InChI=1S/C20H24N2O5/c1-14(20(25-3,26-4)16-10-6-5-7-11-16)27-19(24)22-18-13-9-8-12-17(18)21-15(2)23/h5-14H,1-4H3,(H,21,23)(H,22,24). The lowest BCUT2D eigenvalue weighted by molar-refractivity contribution is -0.263. The van der Waals surface area contributed by atoms with Gasteiger partial charge in [0.05, 0.1) is 11.4 Å². The first-order chi connectivity index (χ1) is 12.9. The Labute approximate surface area is 158 Å². The van der Waals surface area contributed by atoms with Crippen LogP contribution in [0.4, 0.5) is 16.2 Å². The molecule has 0 aliphatic rings. The van der Waals surface area contributed by atoms with Crippen LogP contribution in [0.25, 0.3) is 0 Å². The number of carbonyl (C=O) groups excluding carboxylic acids is 2. The minimum atomic E-state index is -1.25. The fraction of sp³-hybridized carbons (Fsp3) is 0.300. The predicted molar refractivity (Wildman–Crippen MR) is 102 cm³/mol. The number of ether oxygens (including phenoxy) is 3. The van der Waals surface area contributed by atoms with Gasteiger partial charge in [-0.3, -0.25) is 10.1 Å². The van der Waals surface area contributed by atoms with Crippen LogP contribution in [0, 0.1) is 0 Å². The van der Waals surface area contributed by atoms with Gasteiger partial charge in [-0.15, -0.1) is 0 Å². The molecule has 7 heteroatoms. The molecule has 27 heavy (non-hydrogen) atoms. The summed E-state index contributed by atoms with van der Waals surface area (Å²) in [5, 5.41) is 5.28. The fourth-order valence-corrected chi connectivity index (χ4v) is 2.82. The van der Waals surface area contributed by atoms with Crippen LogP contribution in [0.5, 0.6) is 0 Å². The zero-order valence-electron chi connectivity index (χ0n) is 15.8. The summed E-state index contributed by atoms with van der Waals surface area (Å²) in [7, 11) is 2.97. The average Bonchev–Trinajstić information content (AvgIpc) is 2.65. The van der Waals surface area contributed by atoms with E-state index in [4.69, 9.17) is 14.2 Å². The number of anilines is 2. The van der Waals surface area contributed by atoms with Gasteiger partial charge in [0, 0.05) is 26.7 Å².